The fourth-order valence-corrected chi connectivity index (χ4v) is 2.93. The van der Waals surface area contributed by atoms with Crippen LogP contribution >= 0.6 is 0 Å². The molecule has 1 amide bonds. The largest absolute Gasteiger partial charge is 0.493 e. The van der Waals surface area contributed by atoms with E-state index in [1.807, 2.05) is 80.6 Å². The van der Waals surface area contributed by atoms with Gasteiger partial charge in [0.15, 0.2) is 0 Å². The third-order valence-corrected chi connectivity index (χ3v) is 4.28. The average molecular weight is 405 g/mol. The van der Waals surface area contributed by atoms with E-state index in [1.165, 1.54) is 5.56 Å². The Kier molecular flexibility index (Phi) is 7.72. The summed E-state index contributed by atoms with van der Waals surface area (Å²) >= 11 is 0. The second-order valence-corrected chi connectivity index (χ2v) is 7.21. The zero-order chi connectivity index (χ0) is 21.2. The van der Waals surface area contributed by atoms with E-state index in [-0.39, 0.29) is 18.6 Å². The van der Waals surface area contributed by atoms with Gasteiger partial charge in [-0.15, -0.1) is 0 Å². The van der Waals surface area contributed by atoms with Crippen molar-refractivity contribution in [3.8, 4) is 11.5 Å². The van der Waals surface area contributed by atoms with E-state index in [2.05, 4.69) is 22.8 Å². The van der Waals surface area contributed by atoms with Gasteiger partial charge in [-0.2, -0.15) is 0 Å². The minimum Gasteiger partial charge on any atom is -0.493 e. The van der Waals surface area contributed by atoms with Crippen molar-refractivity contribution >= 4 is 17.3 Å². The number of amides is 1. The number of ether oxygens (including phenoxy) is 2. The van der Waals surface area contributed by atoms with Gasteiger partial charge in [-0.25, -0.2) is 0 Å². The molecule has 0 spiro atoms. The van der Waals surface area contributed by atoms with Gasteiger partial charge in [0.1, 0.15) is 11.5 Å². The molecular weight excluding hydrogens is 376 g/mol. The Morgan fingerprint density at radius 2 is 1.57 bits per heavy atom. The fraction of sp³-hybridized carbons (Fsp3) is 0.240. The molecule has 0 saturated carbocycles. The molecule has 3 aromatic rings. The minimum absolute atomic E-state index is 0.103. The lowest BCUT2D eigenvalue weighted by molar-refractivity contribution is -0.114. The first-order valence-corrected chi connectivity index (χ1v) is 10.2. The molecular formula is C25H28N2O3. The highest BCUT2D eigenvalue weighted by atomic mass is 16.5. The number of carbonyl (C=O) groups excluding carboxylic acids is 1. The molecule has 0 aliphatic carbocycles. The van der Waals surface area contributed by atoms with Crippen molar-refractivity contribution in [2.45, 2.75) is 26.4 Å². The Morgan fingerprint density at radius 1 is 0.867 bits per heavy atom. The Labute approximate surface area is 178 Å². The highest BCUT2D eigenvalue weighted by molar-refractivity contribution is 5.93. The van der Waals surface area contributed by atoms with Gasteiger partial charge >= 0.3 is 0 Å². The number of carbonyl (C=O) groups is 1. The van der Waals surface area contributed by atoms with Crippen LogP contribution in [0.5, 0.6) is 11.5 Å². The monoisotopic (exact) mass is 404 g/mol. The summed E-state index contributed by atoms with van der Waals surface area (Å²) in [6, 6.07) is 25.2. The number of rotatable bonds is 10. The van der Waals surface area contributed by atoms with Crippen LogP contribution in [0.2, 0.25) is 0 Å². The summed E-state index contributed by atoms with van der Waals surface area (Å²) in [6.45, 7) is 4.70. The minimum atomic E-state index is -0.133. The van der Waals surface area contributed by atoms with E-state index in [1.54, 1.807) is 0 Å². The molecule has 156 valence electrons. The first-order chi connectivity index (χ1) is 14.6. The van der Waals surface area contributed by atoms with Crippen LogP contribution in [0.3, 0.4) is 0 Å². The van der Waals surface area contributed by atoms with Gasteiger partial charge in [0.05, 0.1) is 19.3 Å². The third-order valence-electron chi connectivity index (χ3n) is 4.28. The topological polar surface area (TPSA) is 59.6 Å². The first-order valence-electron chi connectivity index (χ1n) is 10.2. The van der Waals surface area contributed by atoms with E-state index in [9.17, 15) is 4.79 Å². The molecule has 3 rings (SSSR count). The van der Waals surface area contributed by atoms with Crippen molar-refractivity contribution in [1.82, 2.24) is 0 Å². The SMILES string of the molecule is CC(C)Oc1cccc(NCC(=O)Nc2cccc(OCCc3ccccc3)c2)c1. The van der Waals surface area contributed by atoms with Gasteiger partial charge in [0, 0.05) is 29.9 Å². The molecule has 5 nitrogen and oxygen atoms in total. The van der Waals surface area contributed by atoms with Gasteiger partial charge in [-0.3, -0.25) is 4.79 Å². The highest BCUT2D eigenvalue weighted by Crippen LogP contribution is 2.19. The summed E-state index contributed by atoms with van der Waals surface area (Å²) in [6.07, 6.45) is 0.937. The summed E-state index contributed by atoms with van der Waals surface area (Å²) in [4.78, 5) is 12.3. The Balaban J connectivity index is 1.46. The van der Waals surface area contributed by atoms with E-state index in [4.69, 9.17) is 9.47 Å². The quantitative estimate of drug-likeness (QED) is 0.491. The van der Waals surface area contributed by atoms with Crippen molar-refractivity contribution < 1.29 is 14.3 Å². The molecule has 0 atom stereocenters. The van der Waals surface area contributed by atoms with Crippen LogP contribution in [0, 0.1) is 0 Å². The summed E-state index contributed by atoms with van der Waals surface area (Å²) < 4.78 is 11.5. The predicted molar refractivity (Wildman–Crippen MR) is 121 cm³/mol. The molecule has 0 saturated heterocycles. The standard InChI is InChI=1S/C25H28N2O3/c1-19(2)30-24-13-6-10-21(16-24)26-18-25(28)27-22-11-7-12-23(17-22)29-15-14-20-8-4-3-5-9-20/h3-13,16-17,19,26H,14-15,18H2,1-2H3,(H,27,28). The number of hydrogen-bond acceptors (Lipinski definition) is 4. The second kappa shape index (κ2) is 10.9. The molecule has 5 heteroatoms. The molecule has 30 heavy (non-hydrogen) atoms. The molecule has 0 bridgehead atoms. The molecule has 0 fully saturated rings. The maximum atomic E-state index is 12.3. The van der Waals surface area contributed by atoms with Crippen molar-refractivity contribution in [2.75, 3.05) is 23.8 Å². The fourth-order valence-electron chi connectivity index (χ4n) is 2.93. The zero-order valence-corrected chi connectivity index (χ0v) is 17.4. The van der Waals surface area contributed by atoms with Crippen LogP contribution in [-0.2, 0) is 11.2 Å². The molecule has 0 unspecified atom stereocenters. The smallest absolute Gasteiger partial charge is 0.243 e. The summed E-state index contributed by atoms with van der Waals surface area (Å²) in [5.74, 6) is 1.37. The summed E-state index contributed by atoms with van der Waals surface area (Å²) in [7, 11) is 0. The average Bonchev–Trinajstić information content (AvgIpc) is 2.73. The van der Waals surface area contributed by atoms with Gasteiger partial charge in [0.2, 0.25) is 5.91 Å². The summed E-state index contributed by atoms with van der Waals surface area (Å²) in [5, 5.41) is 6.02. The maximum Gasteiger partial charge on any atom is 0.243 e. The van der Waals surface area contributed by atoms with Crippen LogP contribution in [0.4, 0.5) is 11.4 Å². The molecule has 0 heterocycles. The molecule has 0 aliphatic rings. The number of benzene rings is 3. The second-order valence-electron chi connectivity index (χ2n) is 7.21. The van der Waals surface area contributed by atoms with Crippen LogP contribution in [0.15, 0.2) is 78.9 Å². The van der Waals surface area contributed by atoms with Crippen LogP contribution < -0.4 is 20.1 Å². The lowest BCUT2D eigenvalue weighted by Gasteiger charge is -2.12. The lowest BCUT2D eigenvalue weighted by atomic mass is 10.2. The number of anilines is 2. The Hall–Kier alpha value is -3.47. The Bertz CT molecular complexity index is 942. The predicted octanol–water partition coefficient (Wildman–Crippen LogP) is 5.15. The summed E-state index contributed by atoms with van der Waals surface area (Å²) in [5.41, 5.74) is 2.77. The zero-order valence-electron chi connectivity index (χ0n) is 17.4. The van der Waals surface area contributed by atoms with Crippen LogP contribution in [0.25, 0.3) is 0 Å². The Morgan fingerprint density at radius 3 is 2.33 bits per heavy atom. The lowest BCUT2D eigenvalue weighted by Crippen LogP contribution is -2.21. The molecule has 0 radical (unpaired) electrons. The van der Waals surface area contributed by atoms with Crippen LogP contribution in [-0.4, -0.2) is 25.2 Å². The molecule has 0 aliphatic heterocycles. The highest BCUT2D eigenvalue weighted by Gasteiger charge is 2.05. The van der Waals surface area contributed by atoms with Crippen molar-refractivity contribution in [2.24, 2.45) is 0 Å². The molecule has 3 aromatic carbocycles. The van der Waals surface area contributed by atoms with Crippen molar-refractivity contribution in [1.29, 1.82) is 0 Å². The number of nitrogens with one attached hydrogen (secondary N) is 2. The third kappa shape index (κ3) is 7.17. The van der Waals surface area contributed by atoms with E-state index in [0.717, 1.165) is 23.6 Å². The van der Waals surface area contributed by atoms with Gasteiger partial charge < -0.3 is 20.1 Å². The number of hydrogen-bond donors (Lipinski definition) is 2. The molecule has 0 aromatic heterocycles. The van der Waals surface area contributed by atoms with E-state index in [0.29, 0.717) is 12.3 Å². The maximum absolute atomic E-state index is 12.3. The van der Waals surface area contributed by atoms with Crippen LogP contribution in [0.1, 0.15) is 19.4 Å². The molecule has 2 N–H and O–H groups in total. The van der Waals surface area contributed by atoms with Gasteiger partial charge in [0.25, 0.3) is 0 Å². The van der Waals surface area contributed by atoms with Crippen molar-refractivity contribution in [3.63, 3.8) is 0 Å². The van der Waals surface area contributed by atoms with Gasteiger partial charge in [-0.05, 0) is 43.7 Å². The van der Waals surface area contributed by atoms with Gasteiger partial charge in [-0.1, -0.05) is 42.5 Å². The first kappa shape index (κ1) is 21.2. The van der Waals surface area contributed by atoms with Crippen molar-refractivity contribution in [3.05, 3.63) is 84.4 Å². The van der Waals surface area contributed by atoms with E-state index < -0.39 is 0 Å². The van der Waals surface area contributed by atoms with E-state index >= 15 is 0 Å². The normalized spacial score (nSPS) is 10.5.